The molecule has 0 bridgehead atoms. The standard InChI is InChI=1S/C15H20O3/c1-10-3-5-14(18-2)13(7-10)12-8-11(9-12)4-6-15(16)17/h3,5,7,11-12H,4,6,8-9H2,1-2H3,(H,16,17). The number of rotatable bonds is 5. The Kier molecular flexibility index (Phi) is 3.90. The fraction of sp³-hybridized carbons (Fsp3) is 0.533. The molecule has 1 aliphatic carbocycles. The normalized spacial score (nSPS) is 22.3. The summed E-state index contributed by atoms with van der Waals surface area (Å²) in [6, 6.07) is 6.27. The number of carboxylic acid groups (broad SMARTS) is 1. The maximum absolute atomic E-state index is 10.5. The van der Waals surface area contributed by atoms with Crippen molar-refractivity contribution < 1.29 is 14.6 Å². The van der Waals surface area contributed by atoms with Crippen LogP contribution in [0.15, 0.2) is 18.2 Å². The molecule has 1 aromatic carbocycles. The molecule has 0 spiro atoms. The fourth-order valence-corrected chi connectivity index (χ4v) is 2.73. The third-order valence-corrected chi connectivity index (χ3v) is 3.83. The number of methoxy groups -OCH3 is 1. The quantitative estimate of drug-likeness (QED) is 0.869. The second-order valence-electron chi connectivity index (χ2n) is 5.21. The predicted octanol–water partition coefficient (Wildman–Crippen LogP) is 3.36. The third kappa shape index (κ3) is 2.84. The van der Waals surface area contributed by atoms with Gasteiger partial charge in [0.05, 0.1) is 7.11 Å². The summed E-state index contributed by atoms with van der Waals surface area (Å²) in [5, 5.41) is 8.66. The average Bonchev–Trinajstić information content (AvgIpc) is 2.26. The van der Waals surface area contributed by atoms with Crippen LogP contribution in [-0.4, -0.2) is 18.2 Å². The van der Waals surface area contributed by atoms with Crippen molar-refractivity contribution in [2.24, 2.45) is 5.92 Å². The highest BCUT2D eigenvalue weighted by molar-refractivity contribution is 5.66. The van der Waals surface area contributed by atoms with Crippen LogP contribution in [0.3, 0.4) is 0 Å². The molecule has 3 heteroatoms. The molecule has 0 atom stereocenters. The Bertz CT molecular complexity index is 433. The SMILES string of the molecule is COc1ccc(C)cc1C1CC(CCC(=O)O)C1. The number of aryl methyl sites for hydroxylation is 1. The second kappa shape index (κ2) is 5.42. The highest BCUT2D eigenvalue weighted by Gasteiger charge is 2.32. The van der Waals surface area contributed by atoms with Gasteiger partial charge in [0.2, 0.25) is 0 Å². The van der Waals surface area contributed by atoms with Gasteiger partial charge < -0.3 is 9.84 Å². The number of aliphatic carboxylic acids is 1. The first kappa shape index (κ1) is 12.9. The van der Waals surface area contributed by atoms with Gasteiger partial charge in [-0.3, -0.25) is 4.79 Å². The summed E-state index contributed by atoms with van der Waals surface area (Å²) in [5.41, 5.74) is 2.53. The molecular formula is C15H20O3. The molecule has 0 heterocycles. The molecule has 1 fully saturated rings. The molecule has 0 radical (unpaired) electrons. The van der Waals surface area contributed by atoms with Crippen molar-refractivity contribution >= 4 is 5.97 Å². The highest BCUT2D eigenvalue weighted by Crippen LogP contribution is 2.46. The van der Waals surface area contributed by atoms with Gasteiger partial charge >= 0.3 is 5.97 Å². The molecule has 2 rings (SSSR count). The van der Waals surface area contributed by atoms with Gasteiger partial charge in [-0.05, 0) is 49.7 Å². The summed E-state index contributed by atoms with van der Waals surface area (Å²) in [5.74, 6) is 1.38. The molecule has 1 aromatic rings. The Labute approximate surface area is 108 Å². The molecule has 18 heavy (non-hydrogen) atoms. The summed E-state index contributed by atoms with van der Waals surface area (Å²) < 4.78 is 5.40. The zero-order chi connectivity index (χ0) is 13.1. The maximum Gasteiger partial charge on any atom is 0.303 e. The Morgan fingerprint density at radius 3 is 2.78 bits per heavy atom. The van der Waals surface area contributed by atoms with Gasteiger partial charge in [-0.25, -0.2) is 0 Å². The van der Waals surface area contributed by atoms with E-state index in [1.54, 1.807) is 7.11 Å². The van der Waals surface area contributed by atoms with Crippen LogP contribution >= 0.6 is 0 Å². The lowest BCUT2D eigenvalue weighted by molar-refractivity contribution is -0.137. The molecule has 1 N–H and O–H groups in total. The molecule has 0 aliphatic heterocycles. The van der Waals surface area contributed by atoms with Crippen LogP contribution in [0.4, 0.5) is 0 Å². The minimum absolute atomic E-state index is 0.294. The number of hydrogen-bond acceptors (Lipinski definition) is 2. The van der Waals surface area contributed by atoms with Gasteiger partial charge in [0.1, 0.15) is 5.75 Å². The van der Waals surface area contributed by atoms with E-state index < -0.39 is 5.97 Å². The van der Waals surface area contributed by atoms with Crippen LogP contribution in [-0.2, 0) is 4.79 Å². The van der Waals surface area contributed by atoms with E-state index in [-0.39, 0.29) is 0 Å². The Morgan fingerprint density at radius 1 is 1.44 bits per heavy atom. The Balaban J connectivity index is 1.95. The number of ether oxygens (including phenoxy) is 1. The smallest absolute Gasteiger partial charge is 0.303 e. The largest absolute Gasteiger partial charge is 0.496 e. The van der Waals surface area contributed by atoms with E-state index in [2.05, 4.69) is 19.1 Å². The van der Waals surface area contributed by atoms with Crippen molar-refractivity contribution in [3.63, 3.8) is 0 Å². The lowest BCUT2D eigenvalue weighted by Gasteiger charge is -2.36. The summed E-state index contributed by atoms with van der Waals surface area (Å²) in [4.78, 5) is 10.5. The van der Waals surface area contributed by atoms with Crippen molar-refractivity contribution in [2.75, 3.05) is 7.11 Å². The Hall–Kier alpha value is -1.51. The van der Waals surface area contributed by atoms with Crippen LogP contribution < -0.4 is 4.74 Å². The number of carboxylic acids is 1. The molecule has 0 aromatic heterocycles. The van der Waals surface area contributed by atoms with Crippen molar-refractivity contribution in [3.05, 3.63) is 29.3 Å². The molecule has 0 saturated heterocycles. The van der Waals surface area contributed by atoms with Crippen LogP contribution in [0.5, 0.6) is 5.75 Å². The van der Waals surface area contributed by atoms with Crippen LogP contribution in [0, 0.1) is 12.8 Å². The predicted molar refractivity (Wildman–Crippen MR) is 70.1 cm³/mol. The zero-order valence-electron chi connectivity index (χ0n) is 11.0. The monoisotopic (exact) mass is 248 g/mol. The molecule has 98 valence electrons. The summed E-state index contributed by atoms with van der Waals surface area (Å²) in [6.07, 6.45) is 3.28. The number of benzene rings is 1. The van der Waals surface area contributed by atoms with Crippen molar-refractivity contribution in [1.82, 2.24) is 0 Å². The van der Waals surface area contributed by atoms with E-state index in [4.69, 9.17) is 9.84 Å². The molecule has 1 saturated carbocycles. The molecule has 0 amide bonds. The van der Waals surface area contributed by atoms with Crippen LogP contribution in [0.2, 0.25) is 0 Å². The van der Waals surface area contributed by atoms with Gasteiger partial charge in [-0.1, -0.05) is 17.7 Å². The molecular weight excluding hydrogens is 228 g/mol. The summed E-state index contributed by atoms with van der Waals surface area (Å²) in [7, 11) is 1.70. The summed E-state index contributed by atoms with van der Waals surface area (Å²) >= 11 is 0. The first-order chi connectivity index (χ1) is 8.60. The van der Waals surface area contributed by atoms with Gasteiger partial charge in [0, 0.05) is 6.42 Å². The van der Waals surface area contributed by atoms with E-state index in [1.807, 2.05) is 6.07 Å². The molecule has 0 unspecified atom stereocenters. The number of carbonyl (C=O) groups is 1. The first-order valence-corrected chi connectivity index (χ1v) is 6.46. The van der Waals surface area contributed by atoms with Gasteiger partial charge in [0.25, 0.3) is 0 Å². The third-order valence-electron chi connectivity index (χ3n) is 3.83. The van der Waals surface area contributed by atoms with Crippen molar-refractivity contribution in [3.8, 4) is 5.75 Å². The van der Waals surface area contributed by atoms with E-state index in [9.17, 15) is 4.79 Å². The highest BCUT2D eigenvalue weighted by atomic mass is 16.5. The summed E-state index contributed by atoms with van der Waals surface area (Å²) in [6.45, 7) is 2.09. The topological polar surface area (TPSA) is 46.5 Å². The van der Waals surface area contributed by atoms with E-state index in [0.29, 0.717) is 18.3 Å². The van der Waals surface area contributed by atoms with E-state index >= 15 is 0 Å². The zero-order valence-corrected chi connectivity index (χ0v) is 11.0. The lowest BCUT2D eigenvalue weighted by atomic mass is 9.69. The molecule has 1 aliphatic rings. The van der Waals surface area contributed by atoms with Crippen molar-refractivity contribution in [2.45, 2.75) is 38.5 Å². The second-order valence-corrected chi connectivity index (χ2v) is 5.21. The minimum Gasteiger partial charge on any atom is -0.496 e. The first-order valence-electron chi connectivity index (χ1n) is 6.46. The average molecular weight is 248 g/mol. The van der Waals surface area contributed by atoms with Crippen LogP contribution in [0.1, 0.15) is 42.7 Å². The van der Waals surface area contributed by atoms with Gasteiger partial charge in [-0.2, -0.15) is 0 Å². The fourth-order valence-electron chi connectivity index (χ4n) is 2.73. The maximum atomic E-state index is 10.5. The lowest BCUT2D eigenvalue weighted by Crippen LogP contribution is -2.23. The van der Waals surface area contributed by atoms with E-state index in [1.165, 1.54) is 11.1 Å². The number of hydrogen-bond donors (Lipinski definition) is 1. The van der Waals surface area contributed by atoms with Gasteiger partial charge in [-0.15, -0.1) is 0 Å². The van der Waals surface area contributed by atoms with Crippen molar-refractivity contribution in [1.29, 1.82) is 0 Å². The minimum atomic E-state index is -0.688. The van der Waals surface area contributed by atoms with E-state index in [0.717, 1.165) is 25.0 Å². The molecule has 3 nitrogen and oxygen atoms in total. The van der Waals surface area contributed by atoms with Crippen LogP contribution in [0.25, 0.3) is 0 Å². The Morgan fingerprint density at radius 2 is 2.17 bits per heavy atom. The van der Waals surface area contributed by atoms with Gasteiger partial charge in [0.15, 0.2) is 0 Å².